The minimum Gasteiger partial charge on any atom is -0.461 e. The highest BCUT2D eigenvalue weighted by Crippen LogP contribution is 2.22. The van der Waals surface area contributed by atoms with Crippen molar-refractivity contribution in [1.29, 1.82) is 0 Å². The number of nitrogens with two attached hydrogens (primary N) is 1. The fraction of sp³-hybridized carbons (Fsp3) is 0.182. The molecule has 0 aliphatic rings. The molecule has 0 fully saturated rings. The largest absolute Gasteiger partial charge is 0.461 e. The van der Waals surface area contributed by atoms with Gasteiger partial charge in [-0.2, -0.15) is 0 Å². The van der Waals surface area contributed by atoms with Crippen LogP contribution in [0, 0.1) is 5.82 Å². The van der Waals surface area contributed by atoms with Crippen molar-refractivity contribution in [1.82, 2.24) is 0 Å². The predicted octanol–water partition coefficient (Wildman–Crippen LogP) is 2.10. The van der Waals surface area contributed by atoms with E-state index < -0.39 is 17.6 Å². The maximum absolute atomic E-state index is 13.7. The normalized spacial score (nSPS) is 13.0. The zero-order chi connectivity index (χ0) is 11.0. The molecule has 0 aliphatic carbocycles. The number of halogens is 1. The van der Waals surface area contributed by atoms with Gasteiger partial charge in [0, 0.05) is 5.39 Å². The molecule has 2 aromatic rings. The summed E-state index contributed by atoms with van der Waals surface area (Å²) in [5.74, 6) is -1.06. The molecule has 0 spiro atoms. The lowest BCUT2D eigenvalue weighted by atomic mass is 10.0. The number of hydrogen-bond acceptors (Lipinski definition) is 3. The summed E-state index contributed by atoms with van der Waals surface area (Å²) < 4.78 is 18.7. The first kappa shape index (κ1) is 9.86. The van der Waals surface area contributed by atoms with E-state index in [0.717, 1.165) is 0 Å². The zero-order valence-electron chi connectivity index (χ0n) is 8.16. The van der Waals surface area contributed by atoms with Crippen LogP contribution in [0.15, 0.2) is 28.9 Å². The van der Waals surface area contributed by atoms with Crippen LogP contribution < -0.4 is 5.73 Å². The molecule has 1 aromatic heterocycles. The molecule has 2 rings (SSSR count). The fourth-order valence-electron chi connectivity index (χ4n) is 1.43. The number of carbonyl (C=O) groups excluding carboxylic acids is 1. The van der Waals surface area contributed by atoms with Crippen LogP contribution >= 0.6 is 0 Å². The summed E-state index contributed by atoms with van der Waals surface area (Å²) in [6, 6.07) is 3.99. The highest BCUT2D eigenvalue weighted by molar-refractivity contribution is 6.02. The van der Waals surface area contributed by atoms with Crippen LogP contribution in [-0.4, -0.2) is 11.8 Å². The topological polar surface area (TPSA) is 56.2 Å². The van der Waals surface area contributed by atoms with Gasteiger partial charge in [-0.3, -0.25) is 4.79 Å². The molecule has 1 unspecified atom stereocenters. The molecular weight excluding hydrogens is 197 g/mol. The van der Waals surface area contributed by atoms with Crippen molar-refractivity contribution in [3.8, 4) is 0 Å². The van der Waals surface area contributed by atoms with Gasteiger partial charge in [0.05, 0.1) is 17.9 Å². The molecule has 0 amide bonds. The monoisotopic (exact) mass is 207 g/mol. The van der Waals surface area contributed by atoms with E-state index in [-0.39, 0.29) is 11.1 Å². The van der Waals surface area contributed by atoms with E-state index in [0.29, 0.717) is 5.39 Å². The molecule has 4 heteroatoms. The van der Waals surface area contributed by atoms with Gasteiger partial charge in [0.15, 0.2) is 17.2 Å². The van der Waals surface area contributed by atoms with E-state index in [1.54, 1.807) is 12.1 Å². The molecule has 15 heavy (non-hydrogen) atoms. The van der Waals surface area contributed by atoms with Crippen LogP contribution in [0.1, 0.15) is 17.3 Å². The molecule has 1 aromatic carbocycles. The first-order chi connectivity index (χ1) is 7.11. The lowest BCUT2D eigenvalue weighted by Gasteiger charge is -2.05. The number of furan rings is 1. The van der Waals surface area contributed by atoms with Crippen molar-refractivity contribution in [2.75, 3.05) is 0 Å². The molecule has 0 radical (unpaired) electrons. The second kappa shape index (κ2) is 3.47. The van der Waals surface area contributed by atoms with E-state index >= 15 is 0 Å². The third-order valence-electron chi connectivity index (χ3n) is 2.24. The molecule has 0 bridgehead atoms. The van der Waals surface area contributed by atoms with E-state index in [2.05, 4.69) is 0 Å². The standard InChI is InChI=1S/C11H10FNO2/c1-6(13)10(14)8-3-2-7-4-5-15-11(7)9(8)12/h2-6H,13H2,1H3. The van der Waals surface area contributed by atoms with Crippen LogP contribution in [0.5, 0.6) is 0 Å². The Kier molecular flexibility index (Phi) is 2.28. The Hall–Kier alpha value is -1.68. The van der Waals surface area contributed by atoms with Crippen molar-refractivity contribution in [2.24, 2.45) is 5.73 Å². The van der Waals surface area contributed by atoms with Crippen LogP contribution in [-0.2, 0) is 0 Å². The fourth-order valence-corrected chi connectivity index (χ4v) is 1.43. The van der Waals surface area contributed by atoms with Gasteiger partial charge >= 0.3 is 0 Å². The van der Waals surface area contributed by atoms with Gasteiger partial charge in [0.25, 0.3) is 0 Å². The van der Waals surface area contributed by atoms with Gasteiger partial charge in [-0.15, -0.1) is 0 Å². The number of ketones is 1. The minimum absolute atomic E-state index is 0.0209. The average Bonchev–Trinajstić information content (AvgIpc) is 2.66. The Labute approximate surface area is 85.7 Å². The van der Waals surface area contributed by atoms with Crippen LogP contribution in [0.3, 0.4) is 0 Å². The first-order valence-electron chi connectivity index (χ1n) is 4.56. The van der Waals surface area contributed by atoms with Crippen molar-refractivity contribution in [3.05, 3.63) is 35.8 Å². The molecular formula is C11H10FNO2. The minimum atomic E-state index is -0.716. The molecule has 0 aliphatic heterocycles. The second-order valence-electron chi connectivity index (χ2n) is 3.42. The zero-order valence-corrected chi connectivity index (χ0v) is 8.16. The molecule has 78 valence electrons. The number of Topliss-reactive ketones (excluding diaryl/α,β-unsaturated/α-hetero) is 1. The summed E-state index contributed by atoms with van der Waals surface area (Å²) in [5, 5.41) is 0.633. The predicted molar refractivity (Wildman–Crippen MR) is 54.2 cm³/mol. The number of rotatable bonds is 2. The Morgan fingerprint density at radius 2 is 2.20 bits per heavy atom. The Balaban J connectivity index is 2.62. The maximum atomic E-state index is 13.7. The number of hydrogen-bond donors (Lipinski definition) is 1. The summed E-state index contributed by atoms with van der Waals surface area (Å²) in [5.41, 5.74) is 5.49. The maximum Gasteiger partial charge on any atom is 0.182 e. The molecule has 0 saturated heterocycles. The van der Waals surface area contributed by atoms with Gasteiger partial charge in [-0.1, -0.05) is 6.07 Å². The highest BCUT2D eigenvalue weighted by Gasteiger charge is 2.18. The average molecular weight is 207 g/mol. The van der Waals surface area contributed by atoms with Gasteiger partial charge in [0.2, 0.25) is 0 Å². The van der Waals surface area contributed by atoms with E-state index in [1.165, 1.54) is 19.3 Å². The summed E-state index contributed by atoms with van der Waals surface area (Å²) in [6.45, 7) is 1.52. The van der Waals surface area contributed by atoms with Crippen molar-refractivity contribution in [2.45, 2.75) is 13.0 Å². The third kappa shape index (κ3) is 1.53. The van der Waals surface area contributed by atoms with Gasteiger partial charge in [-0.25, -0.2) is 4.39 Å². The number of benzene rings is 1. The summed E-state index contributed by atoms with van der Waals surface area (Å²) in [6.07, 6.45) is 1.38. The quantitative estimate of drug-likeness (QED) is 0.767. The lowest BCUT2D eigenvalue weighted by Crippen LogP contribution is -2.27. The highest BCUT2D eigenvalue weighted by atomic mass is 19.1. The van der Waals surface area contributed by atoms with E-state index in [9.17, 15) is 9.18 Å². The molecule has 1 atom stereocenters. The van der Waals surface area contributed by atoms with Crippen molar-refractivity contribution in [3.63, 3.8) is 0 Å². The Morgan fingerprint density at radius 1 is 1.47 bits per heavy atom. The van der Waals surface area contributed by atoms with Crippen molar-refractivity contribution < 1.29 is 13.6 Å². The third-order valence-corrected chi connectivity index (χ3v) is 2.24. The molecule has 3 nitrogen and oxygen atoms in total. The smallest absolute Gasteiger partial charge is 0.182 e. The summed E-state index contributed by atoms with van der Waals surface area (Å²) in [4.78, 5) is 11.5. The number of carbonyl (C=O) groups is 1. The van der Waals surface area contributed by atoms with Gasteiger partial charge < -0.3 is 10.2 Å². The molecule has 2 N–H and O–H groups in total. The number of fused-ring (bicyclic) bond motifs is 1. The summed E-state index contributed by atoms with van der Waals surface area (Å²) >= 11 is 0. The van der Waals surface area contributed by atoms with Crippen LogP contribution in [0.25, 0.3) is 11.0 Å². The van der Waals surface area contributed by atoms with Crippen LogP contribution in [0.4, 0.5) is 4.39 Å². The Bertz CT molecular complexity index is 516. The van der Waals surface area contributed by atoms with Gasteiger partial charge in [0.1, 0.15) is 0 Å². The van der Waals surface area contributed by atoms with Crippen LogP contribution in [0.2, 0.25) is 0 Å². The van der Waals surface area contributed by atoms with Gasteiger partial charge in [-0.05, 0) is 19.1 Å². The molecule has 1 heterocycles. The second-order valence-corrected chi connectivity index (χ2v) is 3.42. The van der Waals surface area contributed by atoms with E-state index in [1.807, 2.05) is 0 Å². The summed E-state index contributed by atoms with van der Waals surface area (Å²) in [7, 11) is 0. The van der Waals surface area contributed by atoms with E-state index in [4.69, 9.17) is 10.2 Å². The SMILES string of the molecule is CC(N)C(=O)c1ccc2ccoc2c1F. The molecule has 0 saturated carbocycles. The first-order valence-corrected chi connectivity index (χ1v) is 4.56. The lowest BCUT2D eigenvalue weighted by molar-refractivity contribution is 0.0964. The Morgan fingerprint density at radius 3 is 2.87 bits per heavy atom. The van der Waals surface area contributed by atoms with Crippen molar-refractivity contribution >= 4 is 16.8 Å².